The molecule has 0 fully saturated rings. The Bertz CT molecular complexity index is 446. The molecule has 4 nitrogen and oxygen atoms in total. The van der Waals surface area contributed by atoms with Gasteiger partial charge in [-0.3, -0.25) is 4.79 Å². The summed E-state index contributed by atoms with van der Waals surface area (Å²) in [5.41, 5.74) is 2.19. The lowest BCUT2D eigenvalue weighted by atomic mass is 9.96. The predicted molar refractivity (Wildman–Crippen MR) is 76.3 cm³/mol. The molecule has 1 aliphatic heterocycles. The van der Waals surface area contributed by atoms with E-state index in [0.717, 1.165) is 18.7 Å². The number of amides is 1. The smallest absolute Gasteiger partial charge is 0.252 e. The zero-order valence-corrected chi connectivity index (χ0v) is 11.8. The number of fused-ring (bicyclic) bond motifs is 1. The Morgan fingerprint density at radius 2 is 2.21 bits per heavy atom. The SMILES string of the molecule is CNC1CCN(C(=O)COC(C)C)c2ccccc21. The maximum atomic E-state index is 12.2. The summed E-state index contributed by atoms with van der Waals surface area (Å²) >= 11 is 0. The van der Waals surface area contributed by atoms with Gasteiger partial charge in [-0.15, -0.1) is 0 Å². The number of anilines is 1. The average Bonchev–Trinajstić information content (AvgIpc) is 2.43. The van der Waals surface area contributed by atoms with E-state index in [-0.39, 0.29) is 18.6 Å². The van der Waals surface area contributed by atoms with E-state index in [1.54, 1.807) is 0 Å². The van der Waals surface area contributed by atoms with Crippen LogP contribution in [-0.4, -0.2) is 32.2 Å². The monoisotopic (exact) mass is 262 g/mol. The van der Waals surface area contributed by atoms with E-state index < -0.39 is 0 Å². The molecule has 1 aliphatic rings. The van der Waals surface area contributed by atoms with Crippen molar-refractivity contribution in [2.75, 3.05) is 25.1 Å². The van der Waals surface area contributed by atoms with Crippen LogP contribution in [0.2, 0.25) is 0 Å². The van der Waals surface area contributed by atoms with Gasteiger partial charge in [0.2, 0.25) is 0 Å². The quantitative estimate of drug-likeness (QED) is 0.903. The van der Waals surface area contributed by atoms with E-state index in [1.165, 1.54) is 5.56 Å². The van der Waals surface area contributed by atoms with Gasteiger partial charge in [0.25, 0.3) is 5.91 Å². The molecule has 0 saturated carbocycles. The zero-order valence-electron chi connectivity index (χ0n) is 11.8. The molecule has 1 heterocycles. The molecule has 0 aromatic heterocycles. The van der Waals surface area contributed by atoms with Crippen molar-refractivity contribution in [3.05, 3.63) is 29.8 Å². The Balaban J connectivity index is 2.17. The molecule has 104 valence electrons. The number of carbonyl (C=O) groups is 1. The van der Waals surface area contributed by atoms with Crippen LogP contribution in [0.4, 0.5) is 5.69 Å². The van der Waals surface area contributed by atoms with Gasteiger partial charge in [0.05, 0.1) is 6.10 Å². The number of benzene rings is 1. The molecule has 1 aromatic carbocycles. The first-order chi connectivity index (χ1) is 9.13. The van der Waals surface area contributed by atoms with Crippen molar-refractivity contribution in [3.63, 3.8) is 0 Å². The first-order valence-corrected chi connectivity index (χ1v) is 6.81. The summed E-state index contributed by atoms with van der Waals surface area (Å²) in [6.45, 7) is 4.77. The van der Waals surface area contributed by atoms with Crippen molar-refractivity contribution in [1.29, 1.82) is 0 Å². The molecule has 0 saturated heterocycles. The Morgan fingerprint density at radius 3 is 2.89 bits per heavy atom. The third-order valence-corrected chi connectivity index (χ3v) is 3.43. The molecule has 1 unspecified atom stereocenters. The lowest BCUT2D eigenvalue weighted by Crippen LogP contribution is -2.41. The highest BCUT2D eigenvalue weighted by Crippen LogP contribution is 2.33. The first kappa shape index (κ1) is 14.0. The standard InChI is InChI=1S/C15H22N2O2/c1-11(2)19-10-15(18)17-9-8-13(16-3)12-6-4-5-7-14(12)17/h4-7,11,13,16H,8-10H2,1-3H3. The Morgan fingerprint density at radius 1 is 1.47 bits per heavy atom. The molecule has 0 bridgehead atoms. The number of carbonyl (C=O) groups excluding carboxylic acids is 1. The van der Waals surface area contributed by atoms with Crippen molar-refractivity contribution in [1.82, 2.24) is 5.32 Å². The lowest BCUT2D eigenvalue weighted by molar-refractivity contribution is -0.124. The summed E-state index contributed by atoms with van der Waals surface area (Å²) in [5, 5.41) is 3.30. The highest BCUT2D eigenvalue weighted by molar-refractivity contribution is 5.95. The van der Waals surface area contributed by atoms with Crippen molar-refractivity contribution >= 4 is 11.6 Å². The van der Waals surface area contributed by atoms with Crippen molar-refractivity contribution in [3.8, 4) is 0 Å². The van der Waals surface area contributed by atoms with E-state index in [2.05, 4.69) is 11.4 Å². The van der Waals surface area contributed by atoms with Gasteiger partial charge in [-0.25, -0.2) is 0 Å². The molecule has 4 heteroatoms. The van der Waals surface area contributed by atoms with Crippen molar-refractivity contribution in [2.45, 2.75) is 32.4 Å². The van der Waals surface area contributed by atoms with Gasteiger partial charge in [0, 0.05) is 18.3 Å². The number of ether oxygens (including phenoxy) is 1. The van der Waals surface area contributed by atoms with Gasteiger partial charge in [-0.2, -0.15) is 0 Å². The van der Waals surface area contributed by atoms with Crippen LogP contribution in [0.25, 0.3) is 0 Å². The first-order valence-electron chi connectivity index (χ1n) is 6.81. The van der Waals surface area contributed by atoms with Gasteiger partial charge in [-0.05, 0) is 38.9 Å². The minimum absolute atomic E-state index is 0.0377. The third-order valence-electron chi connectivity index (χ3n) is 3.43. The van der Waals surface area contributed by atoms with Crippen LogP contribution in [-0.2, 0) is 9.53 Å². The number of nitrogens with zero attached hydrogens (tertiary/aromatic N) is 1. The van der Waals surface area contributed by atoms with Crippen LogP contribution in [0, 0.1) is 0 Å². The molecule has 2 rings (SSSR count). The third kappa shape index (κ3) is 3.14. The topological polar surface area (TPSA) is 41.6 Å². The summed E-state index contributed by atoms with van der Waals surface area (Å²) < 4.78 is 5.42. The molecule has 0 spiro atoms. The van der Waals surface area contributed by atoms with E-state index >= 15 is 0 Å². The van der Waals surface area contributed by atoms with Crippen LogP contribution in [0.1, 0.15) is 31.9 Å². The fourth-order valence-corrected chi connectivity index (χ4v) is 2.44. The molecule has 1 amide bonds. The molecular weight excluding hydrogens is 240 g/mol. The zero-order chi connectivity index (χ0) is 13.8. The van der Waals surface area contributed by atoms with E-state index in [0.29, 0.717) is 6.04 Å². The maximum Gasteiger partial charge on any atom is 0.252 e. The molecule has 0 aliphatic carbocycles. The molecule has 1 atom stereocenters. The summed E-state index contributed by atoms with van der Waals surface area (Å²) in [7, 11) is 1.96. The molecule has 19 heavy (non-hydrogen) atoms. The van der Waals surface area contributed by atoms with Crippen LogP contribution >= 0.6 is 0 Å². The number of nitrogens with one attached hydrogen (secondary N) is 1. The summed E-state index contributed by atoms with van der Waals surface area (Å²) in [6, 6.07) is 8.40. The number of para-hydroxylation sites is 1. The van der Waals surface area contributed by atoms with E-state index in [1.807, 2.05) is 44.0 Å². The fourth-order valence-electron chi connectivity index (χ4n) is 2.44. The van der Waals surface area contributed by atoms with E-state index in [9.17, 15) is 4.79 Å². The van der Waals surface area contributed by atoms with Gasteiger partial charge in [-0.1, -0.05) is 18.2 Å². The predicted octanol–water partition coefficient (Wildman–Crippen LogP) is 2.11. The normalized spacial score (nSPS) is 18.5. The number of hydrogen-bond donors (Lipinski definition) is 1. The average molecular weight is 262 g/mol. The molecular formula is C15H22N2O2. The molecule has 1 N–H and O–H groups in total. The summed E-state index contributed by atoms with van der Waals surface area (Å²) in [4.78, 5) is 14.1. The second-order valence-electron chi connectivity index (χ2n) is 5.09. The fraction of sp³-hybridized carbons (Fsp3) is 0.533. The van der Waals surface area contributed by atoms with Crippen LogP contribution in [0.5, 0.6) is 0 Å². The second-order valence-corrected chi connectivity index (χ2v) is 5.09. The van der Waals surface area contributed by atoms with E-state index in [4.69, 9.17) is 4.74 Å². The minimum atomic E-state index is 0.0377. The van der Waals surface area contributed by atoms with Crippen molar-refractivity contribution < 1.29 is 9.53 Å². The number of rotatable bonds is 4. The van der Waals surface area contributed by atoms with Crippen molar-refractivity contribution in [2.24, 2.45) is 0 Å². The van der Waals surface area contributed by atoms with Gasteiger partial charge in [0.15, 0.2) is 0 Å². The minimum Gasteiger partial charge on any atom is -0.369 e. The molecule has 0 radical (unpaired) electrons. The highest BCUT2D eigenvalue weighted by Gasteiger charge is 2.27. The van der Waals surface area contributed by atoms with Gasteiger partial charge >= 0.3 is 0 Å². The van der Waals surface area contributed by atoms with Gasteiger partial charge < -0.3 is 15.0 Å². The second kappa shape index (κ2) is 6.17. The van der Waals surface area contributed by atoms with Crippen LogP contribution < -0.4 is 10.2 Å². The lowest BCUT2D eigenvalue weighted by Gasteiger charge is -2.34. The van der Waals surface area contributed by atoms with Crippen LogP contribution in [0.15, 0.2) is 24.3 Å². The largest absolute Gasteiger partial charge is 0.369 e. The summed E-state index contributed by atoms with van der Waals surface area (Å²) in [6.07, 6.45) is 1.01. The van der Waals surface area contributed by atoms with Crippen LogP contribution in [0.3, 0.4) is 0 Å². The Hall–Kier alpha value is -1.39. The Labute approximate surface area is 114 Å². The maximum absolute atomic E-state index is 12.2. The highest BCUT2D eigenvalue weighted by atomic mass is 16.5. The Kier molecular flexibility index (Phi) is 4.56. The molecule has 1 aromatic rings. The summed E-state index contributed by atoms with van der Waals surface area (Å²) in [5.74, 6) is 0.0377. The van der Waals surface area contributed by atoms with Gasteiger partial charge in [0.1, 0.15) is 6.61 Å². The number of hydrogen-bond acceptors (Lipinski definition) is 3.